The van der Waals surface area contributed by atoms with Crippen LogP contribution in [0.25, 0.3) is 0 Å². The highest BCUT2D eigenvalue weighted by Crippen LogP contribution is 2.35. The second-order valence-corrected chi connectivity index (χ2v) is 12.8. The number of nitrogens with one attached hydrogen (secondary N) is 5. The van der Waals surface area contributed by atoms with Crippen molar-refractivity contribution in [1.82, 2.24) is 31.5 Å². The Hall–Kier alpha value is -4.29. The van der Waals surface area contributed by atoms with Gasteiger partial charge in [0.15, 0.2) is 22.6 Å². The van der Waals surface area contributed by atoms with Crippen molar-refractivity contribution in [2.75, 3.05) is 13.1 Å². The molecule has 13 heteroatoms. The van der Waals surface area contributed by atoms with Crippen LogP contribution in [0.3, 0.4) is 0 Å². The maximum atomic E-state index is 13.5. The summed E-state index contributed by atoms with van der Waals surface area (Å²) in [5.74, 6) is -4.82. The molecule has 1 aromatic carbocycles. The third-order valence-electron chi connectivity index (χ3n) is 9.05. The van der Waals surface area contributed by atoms with Gasteiger partial charge in [-0.1, -0.05) is 58.0 Å². The average molecular weight is 595 g/mol. The molecule has 1 aromatic rings. The lowest BCUT2D eigenvalue weighted by molar-refractivity contribution is -0.134. The first kappa shape index (κ1) is 30.2. The van der Waals surface area contributed by atoms with Crippen molar-refractivity contribution in [1.29, 1.82) is 0 Å². The quantitative estimate of drug-likeness (QED) is 0.249. The molecule has 5 rings (SSSR count). The molecule has 0 aliphatic carbocycles. The Morgan fingerprint density at radius 1 is 0.814 bits per heavy atom. The maximum Gasteiger partial charge on any atom is 0.317 e. The van der Waals surface area contributed by atoms with E-state index >= 15 is 0 Å². The van der Waals surface area contributed by atoms with Gasteiger partial charge in [-0.05, 0) is 17.4 Å². The van der Waals surface area contributed by atoms with Gasteiger partial charge in [0.25, 0.3) is 11.8 Å². The fourth-order valence-electron chi connectivity index (χ4n) is 6.55. The first-order chi connectivity index (χ1) is 20.3. The average Bonchev–Trinajstić information content (AvgIpc) is 3.63. The monoisotopic (exact) mass is 594 g/mol. The molecular weight excluding hydrogens is 556 g/mol. The fraction of sp³-hybridized carbons (Fsp3) is 0.567. The molecule has 6 amide bonds. The van der Waals surface area contributed by atoms with Crippen LogP contribution < -0.4 is 26.6 Å². The van der Waals surface area contributed by atoms with E-state index in [2.05, 4.69) is 26.6 Å². The summed E-state index contributed by atoms with van der Waals surface area (Å²) in [6, 6.07) is 7.11. The van der Waals surface area contributed by atoms with Gasteiger partial charge in [0.05, 0.1) is 23.9 Å². The smallest absolute Gasteiger partial charge is 0.317 e. The molecule has 0 aromatic heterocycles. The Kier molecular flexibility index (Phi) is 7.78. The first-order valence-corrected chi connectivity index (χ1v) is 14.7. The second kappa shape index (κ2) is 11.1. The van der Waals surface area contributed by atoms with Crippen molar-refractivity contribution in [2.45, 2.75) is 70.2 Å². The number of carbonyl (C=O) groups excluding carboxylic acids is 7. The summed E-state index contributed by atoms with van der Waals surface area (Å²) in [5, 5.41) is 13.3. The number of ketones is 2. The number of hydrogen-bond acceptors (Lipinski definition) is 7. The van der Waals surface area contributed by atoms with Gasteiger partial charge in [-0.25, -0.2) is 4.79 Å². The molecule has 4 aliphatic heterocycles. The van der Waals surface area contributed by atoms with Crippen LogP contribution in [0.2, 0.25) is 0 Å². The summed E-state index contributed by atoms with van der Waals surface area (Å²) in [5.41, 5.74) is -2.53. The molecule has 4 heterocycles. The maximum absolute atomic E-state index is 13.5. The van der Waals surface area contributed by atoms with Crippen molar-refractivity contribution in [3.05, 3.63) is 35.9 Å². The highest BCUT2D eigenvalue weighted by molar-refractivity contribution is 6.22. The third kappa shape index (κ3) is 5.14. The zero-order valence-electron chi connectivity index (χ0n) is 24.7. The van der Waals surface area contributed by atoms with Gasteiger partial charge >= 0.3 is 6.03 Å². The molecule has 6 atom stereocenters. The van der Waals surface area contributed by atoms with Crippen molar-refractivity contribution < 1.29 is 33.6 Å². The van der Waals surface area contributed by atoms with E-state index in [4.69, 9.17) is 0 Å². The molecule has 0 saturated carbocycles. The van der Waals surface area contributed by atoms with Crippen LogP contribution in [0.1, 0.15) is 46.1 Å². The van der Waals surface area contributed by atoms with Gasteiger partial charge in [0, 0.05) is 32.5 Å². The van der Waals surface area contributed by atoms with Crippen LogP contribution in [0, 0.1) is 23.7 Å². The summed E-state index contributed by atoms with van der Waals surface area (Å²) in [6.45, 7) is 7.14. The molecule has 5 N–H and O–H groups in total. The van der Waals surface area contributed by atoms with Crippen LogP contribution in [-0.4, -0.2) is 82.4 Å². The molecule has 0 bridgehead atoms. The van der Waals surface area contributed by atoms with Gasteiger partial charge in [-0.15, -0.1) is 0 Å². The molecule has 43 heavy (non-hydrogen) atoms. The predicted molar refractivity (Wildman–Crippen MR) is 152 cm³/mol. The molecule has 4 saturated heterocycles. The Bertz CT molecular complexity index is 1380. The van der Waals surface area contributed by atoms with E-state index in [1.54, 1.807) is 0 Å². The van der Waals surface area contributed by atoms with Gasteiger partial charge in [0.2, 0.25) is 11.8 Å². The summed E-state index contributed by atoms with van der Waals surface area (Å²) < 4.78 is 0. The highest BCUT2D eigenvalue weighted by Gasteiger charge is 2.62. The summed E-state index contributed by atoms with van der Waals surface area (Å²) in [6.07, 6.45) is -0.166. The third-order valence-corrected chi connectivity index (χ3v) is 9.05. The van der Waals surface area contributed by atoms with Crippen LogP contribution in [0.15, 0.2) is 30.3 Å². The van der Waals surface area contributed by atoms with Crippen LogP contribution in [0.4, 0.5) is 4.79 Å². The predicted octanol–water partition coefficient (Wildman–Crippen LogP) is -0.605. The number of benzene rings is 1. The molecule has 230 valence electrons. The topological polar surface area (TPSA) is 183 Å². The molecule has 13 nitrogen and oxygen atoms in total. The molecule has 4 fully saturated rings. The standard InChI is InChI=1S/C30H38N6O7/c1-15(2)20-22(37)29(26(41)32-20)10-18(24(39)34-29)12-31-28(43)36(13-17-8-6-5-7-9-17)14-19-11-30(35-25(19)40)23(38)21(16(3)4)33-27(30)42/h5-9,15-16,18-21H,10-14H2,1-4H3,(H,31,43)(H,32,41)(H,33,42)(H,34,39)(H,35,40)/t18-,19-,20+,21+,29+,30+/m1/s1. The lowest BCUT2D eigenvalue weighted by Gasteiger charge is -2.26. The number of carbonyl (C=O) groups is 7. The minimum atomic E-state index is -1.66. The number of nitrogens with zero attached hydrogens (tertiary/aromatic N) is 1. The minimum Gasteiger partial charge on any atom is -0.343 e. The zero-order valence-corrected chi connectivity index (χ0v) is 24.7. The lowest BCUT2D eigenvalue weighted by atomic mass is 9.85. The van der Waals surface area contributed by atoms with E-state index in [1.165, 1.54) is 4.90 Å². The molecular formula is C30H38N6O7. The Morgan fingerprint density at radius 3 is 1.79 bits per heavy atom. The van der Waals surface area contributed by atoms with Crippen molar-refractivity contribution >= 4 is 41.2 Å². The van der Waals surface area contributed by atoms with E-state index in [1.807, 2.05) is 58.0 Å². The van der Waals surface area contributed by atoms with E-state index in [9.17, 15) is 33.6 Å². The largest absolute Gasteiger partial charge is 0.343 e. The molecule has 2 spiro atoms. The Morgan fingerprint density at radius 2 is 1.30 bits per heavy atom. The number of rotatable bonds is 8. The number of urea groups is 1. The van der Waals surface area contributed by atoms with Crippen molar-refractivity contribution in [3.63, 3.8) is 0 Å². The van der Waals surface area contributed by atoms with E-state index < -0.39 is 64.7 Å². The van der Waals surface area contributed by atoms with E-state index in [0.29, 0.717) is 0 Å². The van der Waals surface area contributed by atoms with Crippen molar-refractivity contribution in [3.8, 4) is 0 Å². The summed E-state index contributed by atoms with van der Waals surface area (Å²) >= 11 is 0. The number of Topliss-reactive ketones (excluding diaryl/α,β-unsaturated/α-hetero) is 2. The second-order valence-electron chi connectivity index (χ2n) is 12.8. The Balaban J connectivity index is 1.29. The van der Waals surface area contributed by atoms with E-state index in [0.717, 1.165) is 5.56 Å². The highest BCUT2D eigenvalue weighted by atomic mass is 16.2. The molecule has 4 aliphatic rings. The normalized spacial score (nSPS) is 31.7. The molecule has 0 unspecified atom stereocenters. The van der Waals surface area contributed by atoms with Gasteiger partial charge in [0.1, 0.15) is 0 Å². The molecule has 0 radical (unpaired) electrons. The lowest BCUT2D eigenvalue weighted by Crippen LogP contribution is -2.52. The Labute approximate surface area is 249 Å². The fourth-order valence-corrected chi connectivity index (χ4v) is 6.55. The van der Waals surface area contributed by atoms with Gasteiger partial charge < -0.3 is 31.5 Å². The van der Waals surface area contributed by atoms with Gasteiger partial charge in [-0.2, -0.15) is 0 Å². The SMILES string of the molecule is CC(C)[C@@H]1NC(=O)[C@]2(C[C@H](CNC(=O)N(Cc3ccccc3)C[C@H]3C[C@@]4(NC3=O)C(=O)N[C@@H](C(C)C)C4=O)C(=O)N2)C1=O. The van der Waals surface area contributed by atoms with Crippen LogP contribution >= 0.6 is 0 Å². The van der Waals surface area contributed by atoms with Gasteiger partial charge in [-0.3, -0.25) is 28.8 Å². The van der Waals surface area contributed by atoms with Crippen LogP contribution in [-0.2, 0) is 35.3 Å². The summed E-state index contributed by atoms with van der Waals surface area (Å²) in [4.78, 5) is 92.8. The van der Waals surface area contributed by atoms with Crippen molar-refractivity contribution in [2.24, 2.45) is 23.7 Å². The number of amides is 6. The first-order valence-electron chi connectivity index (χ1n) is 14.7. The summed E-state index contributed by atoms with van der Waals surface area (Å²) in [7, 11) is 0. The zero-order chi connectivity index (χ0) is 31.3. The van der Waals surface area contributed by atoms with E-state index in [-0.39, 0.29) is 55.9 Å². The number of hydrogen-bond donors (Lipinski definition) is 5. The minimum absolute atomic E-state index is 0.0829. The van der Waals surface area contributed by atoms with Crippen LogP contribution in [0.5, 0.6) is 0 Å².